The van der Waals surface area contributed by atoms with Crippen LogP contribution in [0.3, 0.4) is 0 Å². The Kier molecular flexibility index (Phi) is 14.6. The minimum atomic E-state index is -2.44. The van der Waals surface area contributed by atoms with E-state index in [0.717, 1.165) is 0 Å². The standard InChI is InChI=1S/C35H52O20/c1-33(2,48)7-5-15-9-17(10-16(6-8-34(3,4)49)28(15)53-31-26(44)24(42)21(39)18(11-36)51-31)30(47)50-13-20-22(40)25(43)27(45)32(52-20)55-35(14-38)29(46)23(41)19(12-37)54-35/h5-10,18-27,29,31-32,36-46,48-49H,11-14H2,1-4H3. The first kappa shape index (κ1) is 45.0. The Bertz CT molecular complexity index is 1460. The molecule has 1 aromatic carbocycles. The molecule has 55 heavy (non-hydrogen) atoms. The van der Waals surface area contributed by atoms with Gasteiger partial charge in [0.15, 0.2) is 6.29 Å². The second-order valence-corrected chi connectivity index (χ2v) is 14.7. The molecule has 3 fully saturated rings. The molecule has 0 radical (unpaired) electrons. The Morgan fingerprint density at radius 1 is 0.709 bits per heavy atom. The van der Waals surface area contributed by atoms with E-state index in [1.807, 2.05) is 0 Å². The van der Waals surface area contributed by atoms with E-state index in [4.69, 9.17) is 28.4 Å². The molecule has 0 bridgehead atoms. The molecule has 0 spiro atoms. The zero-order valence-corrected chi connectivity index (χ0v) is 30.5. The number of hydrogen-bond acceptors (Lipinski definition) is 20. The van der Waals surface area contributed by atoms with Gasteiger partial charge in [-0.3, -0.25) is 0 Å². The molecule has 20 heteroatoms. The van der Waals surface area contributed by atoms with Crippen molar-refractivity contribution in [3.63, 3.8) is 0 Å². The van der Waals surface area contributed by atoms with E-state index in [-0.39, 0.29) is 22.4 Å². The number of esters is 1. The van der Waals surface area contributed by atoms with Crippen LogP contribution in [0, 0.1) is 0 Å². The van der Waals surface area contributed by atoms with Gasteiger partial charge < -0.3 is 94.8 Å². The molecule has 0 saturated carbocycles. The summed E-state index contributed by atoms with van der Waals surface area (Å²) in [4.78, 5) is 13.6. The van der Waals surface area contributed by atoms with Crippen molar-refractivity contribution in [2.45, 2.75) is 124 Å². The lowest BCUT2D eigenvalue weighted by Crippen LogP contribution is -2.62. The van der Waals surface area contributed by atoms with Crippen LogP contribution in [0.2, 0.25) is 0 Å². The Balaban J connectivity index is 1.65. The van der Waals surface area contributed by atoms with Gasteiger partial charge >= 0.3 is 5.97 Å². The van der Waals surface area contributed by atoms with Gasteiger partial charge in [0.05, 0.1) is 30.0 Å². The minimum Gasteiger partial charge on any atom is -0.461 e. The maximum absolute atomic E-state index is 13.6. The van der Waals surface area contributed by atoms with Gasteiger partial charge in [0.25, 0.3) is 0 Å². The highest BCUT2D eigenvalue weighted by Gasteiger charge is 2.58. The minimum absolute atomic E-state index is 0.0534. The number of aliphatic hydroxyl groups is 13. The molecule has 0 amide bonds. The number of rotatable bonds is 14. The molecule has 1 aromatic rings. The Morgan fingerprint density at radius 2 is 1.20 bits per heavy atom. The highest BCUT2D eigenvalue weighted by Crippen LogP contribution is 2.37. The molecule has 3 aliphatic rings. The summed E-state index contributed by atoms with van der Waals surface area (Å²) >= 11 is 0. The largest absolute Gasteiger partial charge is 0.461 e. The molecule has 0 aromatic heterocycles. The summed E-state index contributed by atoms with van der Waals surface area (Å²) in [5.41, 5.74) is -2.92. The molecule has 312 valence electrons. The summed E-state index contributed by atoms with van der Waals surface area (Å²) in [6.45, 7) is 2.33. The predicted octanol–water partition coefficient (Wildman–Crippen LogP) is -4.78. The zero-order chi connectivity index (χ0) is 41.2. The lowest BCUT2D eigenvalue weighted by molar-refractivity contribution is -0.383. The van der Waals surface area contributed by atoms with Crippen LogP contribution < -0.4 is 4.74 Å². The average Bonchev–Trinajstić information content (AvgIpc) is 3.37. The fourth-order valence-corrected chi connectivity index (χ4v) is 5.90. The fourth-order valence-electron chi connectivity index (χ4n) is 5.90. The highest BCUT2D eigenvalue weighted by atomic mass is 16.8. The first-order valence-corrected chi connectivity index (χ1v) is 17.3. The summed E-state index contributed by atoms with van der Waals surface area (Å²) in [7, 11) is 0. The Morgan fingerprint density at radius 3 is 1.67 bits per heavy atom. The molecule has 20 nitrogen and oxygen atoms in total. The number of aliphatic hydroxyl groups excluding tert-OH is 11. The van der Waals surface area contributed by atoms with Gasteiger partial charge in [-0.15, -0.1) is 0 Å². The molecule has 14 atom stereocenters. The van der Waals surface area contributed by atoms with Crippen LogP contribution in [-0.4, -0.2) is 195 Å². The summed E-state index contributed by atoms with van der Waals surface area (Å²) in [5, 5.41) is 134. The first-order chi connectivity index (χ1) is 25.6. The van der Waals surface area contributed by atoms with E-state index >= 15 is 0 Å². The normalized spacial score (nSPS) is 37.5. The second kappa shape index (κ2) is 17.8. The molecule has 0 aliphatic carbocycles. The predicted molar refractivity (Wildman–Crippen MR) is 183 cm³/mol. The van der Waals surface area contributed by atoms with Gasteiger partial charge in [0, 0.05) is 11.1 Å². The summed E-state index contributed by atoms with van der Waals surface area (Å²) in [6, 6.07) is 2.47. The molecule has 4 rings (SSSR count). The Labute approximate surface area is 315 Å². The van der Waals surface area contributed by atoms with Crippen molar-refractivity contribution in [3.05, 3.63) is 41.0 Å². The third-order valence-corrected chi connectivity index (χ3v) is 9.08. The molecular weight excluding hydrogens is 740 g/mol. The van der Waals surface area contributed by atoms with Crippen LogP contribution in [-0.2, 0) is 23.7 Å². The number of carbonyl (C=O) groups excluding carboxylic acids is 1. The van der Waals surface area contributed by atoms with E-state index in [1.165, 1.54) is 64.1 Å². The van der Waals surface area contributed by atoms with Crippen LogP contribution in [0.25, 0.3) is 12.2 Å². The zero-order valence-electron chi connectivity index (χ0n) is 30.5. The Hall–Kier alpha value is -2.71. The van der Waals surface area contributed by atoms with E-state index < -0.39 is 129 Å². The van der Waals surface area contributed by atoms with Crippen molar-refractivity contribution in [1.82, 2.24) is 0 Å². The van der Waals surface area contributed by atoms with Crippen molar-refractivity contribution >= 4 is 18.1 Å². The fraction of sp³-hybridized carbons (Fsp3) is 0.686. The summed E-state index contributed by atoms with van der Waals surface area (Å²) in [6.07, 6.45) is -17.6. The van der Waals surface area contributed by atoms with Crippen LogP contribution in [0.5, 0.6) is 5.75 Å². The van der Waals surface area contributed by atoms with Crippen LogP contribution >= 0.6 is 0 Å². The number of hydrogen-bond donors (Lipinski definition) is 13. The monoisotopic (exact) mass is 792 g/mol. The van der Waals surface area contributed by atoms with Gasteiger partial charge in [0.1, 0.15) is 86.1 Å². The van der Waals surface area contributed by atoms with Crippen molar-refractivity contribution in [2.24, 2.45) is 0 Å². The van der Waals surface area contributed by atoms with Crippen molar-refractivity contribution in [1.29, 1.82) is 0 Å². The van der Waals surface area contributed by atoms with Crippen molar-refractivity contribution in [2.75, 3.05) is 26.4 Å². The molecule has 3 heterocycles. The summed E-state index contributed by atoms with van der Waals surface area (Å²) < 4.78 is 33.3. The average molecular weight is 793 g/mol. The maximum atomic E-state index is 13.6. The van der Waals surface area contributed by atoms with Crippen LogP contribution in [0.4, 0.5) is 0 Å². The molecule has 13 N–H and O–H groups in total. The van der Waals surface area contributed by atoms with E-state index in [2.05, 4.69) is 0 Å². The third-order valence-electron chi connectivity index (χ3n) is 9.08. The van der Waals surface area contributed by atoms with Crippen molar-refractivity contribution < 1.29 is 99.6 Å². The van der Waals surface area contributed by atoms with Gasteiger partial charge in [0.2, 0.25) is 12.1 Å². The number of ether oxygens (including phenoxy) is 6. The van der Waals surface area contributed by atoms with E-state index in [1.54, 1.807) is 0 Å². The molecule has 3 saturated heterocycles. The number of benzene rings is 1. The highest BCUT2D eigenvalue weighted by molar-refractivity contribution is 5.92. The number of carbonyl (C=O) groups is 1. The van der Waals surface area contributed by atoms with E-state index in [0.29, 0.717) is 0 Å². The van der Waals surface area contributed by atoms with Crippen LogP contribution in [0.1, 0.15) is 49.2 Å². The maximum Gasteiger partial charge on any atom is 0.338 e. The van der Waals surface area contributed by atoms with Gasteiger partial charge in [-0.1, -0.05) is 24.3 Å². The quantitative estimate of drug-likeness (QED) is 0.0786. The lowest BCUT2D eigenvalue weighted by Gasteiger charge is -2.43. The van der Waals surface area contributed by atoms with Gasteiger partial charge in [-0.05, 0) is 39.8 Å². The van der Waals surface area contributed by atoms with Gasteiger partial charge in [-0.2, -0.15) is 0 Å². The second-order valence-electron chi connectivity index (χ2n) is 14.7. The first-order valence-electron chi connectivity index (χ1n) is 17.3. The summed E-state index contributed by atoms with van der Waals surface area (Å²) in [5.74, 6) is -3.63. The topological polar surface area (TPSA) is 335 Å². The van der Waals surface area contributed by atoms with E-state index in [9.17, 15) is 71.2 Å². The molecule has 3 aliphatic heterocycles. The third kappa shape index (κ3) is 10.4. The molecule has 14 unspecified atom stereocenters. The SMILES string of the molecule is CC(C)(O)C=Cc1cc(C(=O)OCC2OC(OC3(CO)OC(CO)C(O)C3O)C(O)C(O)C2O)cc(C=CC(C)(C)O)c1OC1OC(CO)C(O)C(O)C1O. The smallest absolute Gasteiger partial charge is 0.338 e. The lowest BCUT2D eigenvalue weighted by atomic mass is 9.97. The van der Waals surface area contributed by atoms with Gasteiger partial charge in [-0.25, -0.2) is 4.79 Å². The van der Waals surface area contributed by atoms with Crippen molar-refractivity contribution in [3.8, 4) is 5.75 Å². The molecular formula is C35H52O20. The van der Waals surface area contributed by atoms with Crippen LogP contribution in [0.15, 0.2) is 24.3 Å².